The van der Waals surface area contributed by atoms with Crippen LogP contribution in [0.5, 0.6) is 0 Å². The first kappa shape index (κ1) is 13.3. The van der Waals surface area contributed by atoms with Crippen LogP contribution in [-0.2, 0) is 7.05 Å². The SMILES string of the molecule is Cc1ccc2c(c1)nc(-c1ccc(C)c([N+](=O)[O-])c1)n2C. The number of imidazole rings is 1. The van der Waals surface area contributed by atoms with Gasteiger partial charge in [0.2, 0.25) is 0 Å². The van der Waals surface area contributed by atoms with Gasteiger partial charge in [-0.25, -0.2) is 4.98 Å². The number of fused-ring (bicyclic) bond motifs is 1. The molecule has 0 saturated carbocycles. The van der Waals surface area contributed by atoms with Crippen LogP contribution in [0, 0.1) is 24.0 Å². The first-order valence-electron chi connectivity index (χ1n) is 6.66. The minimum atomic E-state index is -0.356. The number of aryl methyl sites for hydroxylation is 3. The highest BCUT2D eigenvalue weighted by molar-refractivity contribution is 5.81. The van der Waals surface area contributed by atoms with E-state index in [9.17, 15) is 10.1 Å². The number of hydrogen-bond donors (Lipinski definition) is 0. The third-order valence-electron chi connectivity index (χ3n) is 3.70. The molecule has 0 aliphatic heterocycles. The van der Waals surface area contributed by atoms with Gasteiger partial charge in [0.25, 0.3) is 5.69 Å². The smallest absolute Gasteiger partial charge is 0.273 e. The summed E-state index contributed by atoms with van der Waals surface area (Å²) in [4.78, 5) is 15.3. The Bertz CT molecular complexity index is 865. The zero-order valence-electron chi connectivity index (χ0n) is 12.1. The van der Waals surface area contributed by atoms with Gasteiger partial charge in [-0.2, -0.15) is 0 Å². The monoisotopic (exact) mass is 281 g/mol. The van der Waals surface area contributed by atoms with Gasteiger partial charge < -0.3 is 4.57 Å². The molecule has 0 atom stereocenters. The average molecular weight is 281 g/mol. The molecule has 0 radical (unpaired) electrons. The minimum absolute atomic E-state index is 0.121. The second-order valence-corrected chi connectivity index (χ2v) is 5.24. The molecule has 0 spiro atoms. The van der Waals surface area contributed by atoms with Crippen LogP contribution < -0.4 is 0 Å². The van der Waals surface area contributed by atoms with Crippen molar-refractivity contribution in [3.8, 4) is 11.4 Å². The van der Waals surface area contributed by atoms with Crippen LogP contribution in [0.15, 0.2) is 36.4 Å². The van der Waals surface area contributed by atoms with Crippen LogP contribution in [-0.4, -0.2) is 14.5 Å². The highest BCUT2D eigenvalue weighted by Crippen LogP contribution is 2.28. The Hall–Kier alpha value is -2.69. The molecular weight excluding hydrogens is 266 g/mol. The Kier molecular flexibility index (Phi) is 2.97. The first-order valence-corrected chi connectivity index (χ1v) is 6.66. The van der Waals surface area contributed by atoms with E-state index in [2.05, 4.69) is 4.98 Å². The van der Waals surface area contributed by atoms with Crippen LogP contribution in [0.25, 0.3) is 22.4 Å². The third kappa shape index (κ3) is 2.16. The van der Waals surface area contributed by atoms with Crippen LogP contribution in [0.2, 0.25) is 0 Å². The van der Waals surface area contributed by atoms with Gasteiger partial charge in [-0.1, -0.05) is 18.2 Å². The molecule has 0 N–H and O–H groups in total. The van der Waals surface area contributed by atoms with Gasteiger partial charge in [-0.3, -0.25) is 10.1 Å². The van der Waals surface area contributed by atoms with E-state index in [4.69, 9.17) is 0 Å². The summed E-state index contributed by atoms with van der Waals surface area (Å²) in [6, 6.07) is 11.3. The summed E-state index contributed by atoms with van der Waals surface area (Å²) in [6.45, 7) is 3.75. The molecule has 0 saturated heterocycles. The van der Waals surface area contributed by atoms with Crippen molar-refractivity contribution in [3.05, 3.63) is 57.6 Å². The topological polar surface area (TPSA) is 61.0 Å². The zero-order valence-corrected chi connectivity index (χ0v) is 12.1. The van der Waals surface area contributed by atoms with Gasteiger partial charge >= 0.3 is 0 Å². The maximum atomic E-state index is 11.1. The van der Waals surface area contributed by atoms with Gasteiger partial charge in [-0.05, 0) is 31.5 Å². The quantitative estimate of drug-likeness (QED) is 0.530. The lowest BCUT2D eigenvalue weighted by Gasteiger charge is -2.04. The standard InChI is InChI=1S/C16H15N3O2/c1-10-4-7-14-13(8-10)17-16(18(14)3)12-6-5-11(2)15(9-12)19(20)21/h4-9H,1-3H3. The molecule has 3 aromatic rings. The maximum absolute atomic E-state index is 11.1. The summed E-state index contributed by atoms with van der Waals surface area (Å²) >= 11 is 0. The van der Waals surface area contributed by atoms with E-state index in [0.717, 1.165) is 28.0 Å². The summed E-state index contributed by atoms with van der Waals surface area (Å²) in [5.74, 6) is 0.735. The molecule has 0 bridgehead atoms. The predicted octanol–water partition coefficient (Wildman–Crippen LogP) is 3.77. The first-order chi connectivity index (χ1) is 9.97. The molecule has 0 amide bonds. The van der Waals surface area contributed by atoms with E-state index in [1.54, 1.807) is 19.1 Å². The largest absolute Gasteiger partial charge is 0.327 e. The Morgan fingerprint density at radius 1 is 1.14 bits per heavy atom. The maximum Gasteiger partial charge on any atom is 0.273 e. The molecule has 21 heavy (non-hydrogen) atoms. The normalized spacial score (nSPS) is 11.0. The van der Waals surface area contributed by atoms with Gasteiger partial charge in [0.1, 0.15) is 5.82 Å². The van der Waals surface area contributed by atoms with Crippen molar-refractivity contribution < 1.29 is 4.92 Å². The molecule has 0 aliphatic carbocycles. The lowest BCUT2D eigenvalue weighted by Crippen LogP contribution is -1.96. The molecule has 5 heteroatoms. The number of hydrogen-bond acceptors (Lipinski definition) is 3. The van der Waals surface area contributed by atoms with Crippen LogP contribution in [0.4, 0.5) is 5.69 Å². The van der Waals surface area contributed by atoms with E-state index in [1.807, 2.05) is 42.8 Å². The number of nitro groups is 1. The molecule has 1 aromatic heterocycles. The number of benzene rings is 2. The van der Waals surface area contributed by atoms with Gasteiger partial charge in [0.05, 0.1) is 16.0 Å². The highest BCUT2D eigenvalue weighted by atomic mass is 16.6. The van der Waals surface area contributed by atoms with E-state index < -0.39 is 0 Å². The van der Waals surface area contributed by atoms with E-state index in [0.29, 0.717) is 5.56 Å². The van der Waals surface area contributed by atoms with E-state index in [1.165, 1.54) is 0 Å². The summed E-state index contributed by atoms with van der Waals surface area (Å²) in [5.41, 5.74) is 4.58. The van der Waals surface area contributed by atoms with Crippen LogP contribution in [0.1, 0.15) is 11.1 Å². The highest BCUT2D eigenvalue weighted by Gasteiger charge is 2.15. The van der Waals surface area contributed by atoms with Gasteiger partial charge in [-0.15, -0.1) is 0 Å². The molecule has 0 unspecified atom stereocenters. The number of nitro benzene ring substituents is 1. The lowest BCUT2D eigenvalue weighted by molar-refractivity contribution is -0.385. The average Bonchev–Trinajstić information content (AvgIpc) is 2.75. The Morgan fingerprint density at radius 2 is 1.90 bits per heavy atom. The van der Waals surface area contributed by atoms with Crippen molar-refractivity contribution in [2.45, 2.75) is 13.8 Å². The van der Waals surface area contributed by atoms with Crippen molar-refractivity contribution >= 4 is 16.7 Å². The summed E-state index contributed by atoms with van der Waals surface area (Å²) in [5, 5.41) is 11.1. The van der Waals surface area contributed by atoms with Crippen molar-refractivity contribution in [1.29, 1.82) is 0 Å². The van der Waals surface area contributed by atoms with Gasteiger partial charge in [0, 0.05) is 24.2 Å². The van der Waals surface area contributed by atoms with Crippen molar-refractivity contribution in [2.75, 3.05) is 0 Å². The van der Waals surface area contributed by atoms with Gasteiger partial charge in [0.15, 0.2) is 0 Å². The molecule has 0 aliphatic rings. The Morgan fingerprint density at radius 3 is 2.62 bits per heavy atom. The summed E-state index contributed by atoms with van der Waals surface area (Å²) in [7, 11) is 1.92. The van der Waals surface area contributed by atoms with Crippen molar-refractivity contribution in [2.24, 2.45) is 7.05 Å². The fourth-order valence-electron chi connectivity index (χ4n) is 2.51. The number of nitrogens with zero attached hydrogens (tertiary/aromatic N) is 3. The van der Waals surface area contributed by atoms with E-state index in [-0.39, 0.29) is 10.6 Å². The fraction of sp³-hybridized carbons (Fsp3) is 0.188. The Labute approximate surface area is 122 Å². The second-order valence-electron chi connectivity index (χ2n) is 5.24. The number of aromatic nitrogens is 2. The molecular formula is C16H15N3O2. The Balaban J connectivity index is 2.23. The minimum Gasteiger partial charge on any atom is -0.327 e. The number of rotatable bonds is 2. The molecule has 3 rings (SSSR count). The third-order valence-corrected chi connectivity index (χ3v) is 3.70. The molecule has 0 fully saturated rings. The van der Waals surface area contributed by atoms with Crippen LogP contribution in [0.3, 0.4) is 0 Å². The van der Waals surface area contributed by atoms with Crippen LogP contribution >= 0.6 is 0 Å². The van der Waals surface area contributed by atoms with E-state index >= 15 is 0 Å². The second kappa shape index (κ2) is 4.70. The summed E-state index contributed by atoms with van der Waals surface area (Å²) in [6.07, 6.45) is 0. The lowest BCUT2D eigenvalue weighted by atomic mass is 10.1. The predicted molar refractivity (Wildman–Crippen MR) is 82.3 cm³/mol. The summed E-state index contributed by atoms with van der Waals surface area (Å²) < 4.78 is 1.96. The zero-order chi connectivity index (χ0) is 15.1. The molecule has 2 aromatic carbocycles. The van der Waals surface area contributed by atoms with Crippen molar-refractivity contribution in [1.82, 2.24) is 9.55 Å². The molecule has 5 nitrogen and oxygen atoms in total. The molecule has 1 heterocycles. The molecule has 106 valence electrons. The van der Waals surface area contributed by atoms with Crippen molar-refractivity contribution in [3.63, 3.8) is 0 Å². The fourth-order valence-corrected chi connectivity index (χ4v) is 2.51.